The van der Waals surface area contributed by atoms with Crippen molar-refractivity contribution in [2.75, 3.05) is 11.9 Å². The molecule has 1 saturated heterocycles. The molecule has 0 bridgehead atoms. The average Bonchev–Trinajstić information content (AvgIpc) is 2.67. The maximum atomic E-state index is 10.7. The van der Waals surface area contributed by atoms with Gasteiger partial charge in [-0.3, -0.25) is 0 Å². The van der Waals surface area contributed by atoms with Crippen molar-refractivity contribution in [3.63, 3.8) is 0 Å². The number of nitrogens with one attached hydrogen (secondary N) is 1. The van der Waals surface area contributed by atoms with Crippen LogP contribution in [0, 0.1) is 0 Å². The first-order valence-corrected chi connectivity index (χ1v) is 5.75. The molecule has 104 valence electrons. The molecule has 0 amide bonds. The van der Waals surface area contributed by atoms with Crippen LogP contribution in [0.4, 0.5) is 5.69 Å². The minimum absolute atomic E-state index is 0.145. The molecule has 2 rings (SSSR count). The summed E-state index contributed by atoms with van der Waals surface area (Å²) >= 11 is 0. The van der Waals surface area contributed by atoms with Crippen LogP contribution < -0.4 is 5.32 Å². The molecule has 1 fully saturated rings. The lowest BCUT2D eigenvalue weighted by atomic mass is 10.1. The van der Waals surface area contributed by atoms with Crippen LogP contribution in [0.25, 0.3) is 0 Å². The van der Waals surface area contributed by atoms with Gasteiger partial charge in [0.1, 0.15) is 18.3 Å². The Kier molecular flexibility index (Phi) is 4.01. The van der Waals surface area contributed by atoms with Gasteiger partial charge in [-0.15, -0.1) is 0 Å². The highest BCUT2D eigenvalue weighted by Crippen LogP contribution is 2.23. The van der Waals surface area contributed by atoms with Gasteiger partial charge in [0, 0.05) is 5.69 Å². The molecule has 7 heteroatoms. The summed E-state index contributed by atoms with van der Waals surface area (Å²) in [7, 11) is 0. The number of aliphatic hydroxyl groups excluding tert-OH is 3. The summed E-state index contributed by atoms with van der Waals surface area (Å²) in [5.41, 5.74) is 0.687. The van der Waals surface area contributed by atoms with Crippen molar-refractivity contribution < 1.29 is 30.0 Å². The predicted molar refractivity (Wildman–Crippen MR) is 64.8 cm³/mol. The van der Waals surface area contributed by atoms with Crippen LogP contribution >= 0.6 is 0 Å². The van der Waals surface area contributed by atoms with E-state index >= 15 is 0 Å². The van der Waals surface area contributed by atoms with Crippen LogP contribution in [-0.2, 0) is 4.74 Å². The highest BCUT2D eigenvalue weighted by atomic mass is 16.6. The van der Waals surface area contributed by atoms with Crippen molar-refractivity contribution >= 4 is 11.7 Å². The third-order valence-electron chi connectivity index (χ3n) is 2.98. The molecule has 0 aromatic heterocycles. The number of aliphatic hydroxyl groups is 3. The van der Waals surface area contributed by atoms with Crippen molar-refractivity contribution in [1.29, 1.82) is 0 Å². The zero-order chi connectivity index (χ0) is 14.0. The third kappa shape index (κ3) is 2.85. The first-order valence-electron chi connectivity index (χ1n) is 5.75. The maximum absolute atomic E-state index is 10.7. The minimum Gasteiger partial charge on any atom is -0.478 e. The Bertz CT molecular complexity index is 448. The van der Waals surface area contributed by atoms with Crippen LogP contribution in [0.5, 0.6) is 0 Å². The van der Waals surface area contributed by atoms with Crippen LogP contribution in [0.15, 0.2) is 24.3 Å². The Morgan fingerprint density at radius 2 is 1.84 bits per heavy atom. The summed E-state index contributed by atoms with van der Waals surface area (Å²) in [6.07, 6.45) is -4.04. The van der Waals surface area contributed by atoms with Crippen molar-refractivity contribution in [1.82, 2.24) is 0 Å². The SMILES string of the molecule is O=C(O)c1ccc(N[C@@H]2O[C@H](CO)[C@H](O)[C@@H]2O)cc1. The van der Waals surface area contributed by atoms with Gasteiger partial charge in [0.2, 0.25) is 0 Å². The van der Waals surface area contributed by atoms with E-state index < -0.39 is 37.1 Å². The molecule has 19 heavy (non-hydrogen) atoms. The Morgan fingerprint density at radius 3 is 2.32 bits per heavy atom. The third-order valence-corrected chi connectivity index (χ3v) is 2.98. The molecule has 1 aromatic rings. The highest BCUT2D eigenvalue weighted by Gasteiger charge is 2.42. The Balaban J connectivity index is 2.03. The van der Waals surface area contributed by atoms with Crippen LogP contribution in [-0.4, -0.2) is 57.5 Å². The normalized spacial score (nSPS) is 30.3. The number of ether oxygens (including phenoxy) is 1. The molecule has 0 saturated carbocycles. The average molecular weight is 269 g/mol. The molecule has 0 aliphatic carbocycles. The van der Waals surface area contributed by atoms with E-state index in [0.717, 1.165) is 0 Å². The molecule has 0 spiro atoms. The number of aromatic carboxylic acids is 1. The fraction of sp³-hybridized carbons (Fsp3) is 0.417. The summed E-state index contributed by atoms with van der Waals surface area (Å²) in [5, 5.41) is 39.8. The van der Waals surface area contributed by atoms with Gasteiger partial charge in [-0.2, -0.15) is 0 Å². The molecule has 1 aromatic carbocycles. The second-order valence-electron chi connectivity index (χ2n) is 4.29. The second-order valence-corrected chi connectivity index (χ2v) is 4.29. The number of anilines is 1. The lowest BCUT2D eigenvalue weighted by Crippen LogP contribution is -2.36. The molecular weight excluding hydrogens is 254 g/mol. The standard InChI is InChI=1S/C12H15NO6/c14-5-8-9(15)10(16)11(19-8)13-7-3-1-6(2-4-7)12(17)18/h1-4,8-11,13-16H,5H2,(H,17,18)/t8-,9+,10+,11-/m1/s1. The smallest absolute Gasteiger partial charge is 0.335 e. The van der Waals surface area contributed by atoms with E-state index in [-0.39, 0.29) is 5.56 Å². The van der Waals surface area contributed by atoms with Crippen LogP contribution in [0.1, 0.15) is 10.4 Å². The van der Waals surface area contributed by atoms with Gasteiger partial charge < -0.3 is 30.5 Å². The van der Waals surface area contributed by atoms with Crippen molar-refractivity contribution in [2.24, 2.45) is 0 Å². The van der Waals surface area contributed by atoms with E-state index in [4.69, 9.17) is 14.9 Å². The molecule has 1 aliphatic rings. The summed E-state index contributed by atoms with van der Waals surface area (Å²) in [4.78, 5) is 10.7. The molecule has 4 atom stereocenters. The zero-order valence-electron chi connectivity index (χ0n) is 9.93. The Morgan fingerprint density at radius 1 is 1.21 bits per heavy atom. The number of rotatable bonds is 4. The van der Waals surface area contributed by atoms with E-state index in [1.165, 1.54) is 24.3 Å². The van der Waals surface area contributed by atoms with E-state index in [2.05, 4.69) is 5.32 Å². The summed E-state index contributed by atoms with van der Waals surface area (Å²) < 4.78 is 5.24. The first-order chi connectivity index (χ1) is 9.02. The van der Waals surface area contributed by atoms with E-state index in [1.807, 2.05) is 0 Å². The monoisotopic (exact) mass is 269 g/mol. The van der Waals surface area contributed by atoms with Gasteiger partial charge in [-0.1, -0.05) is 0 Å². The number of hydrogen-bond acceptors (Lipinski definition) is 6. The highest BCUT2D eigenvalue weighted by molar-refractivity contribution is 5.87. The summed E-state index contributed by atoms with van der Waals surface area (Å²) in [6.45, 7) is -0.394. The molecule has 7 nitrogen and oxygen atoms in total. The molecule has 1 heterocycles. The topological polar surface area (TPSA) is 119 Å². The number of benzene rings is 1. The van der Waals surface area contributed by atoms with Gasteiger partial charge in [0.15, 0.2) is 6.23 Å². The number of carboxylic acid groups (broad SMARTS) is 1. The van der Waals surface area contributed by atoms with E-state index in [1.54, 1.807) is 0 Å². The van der Waals surface area contributed by atoms with Gasteiger partial charge in [0.25, 0.3) is 0 Å². The van der Waals surface area contributed by atoms with Gasteiger partial charge in [-0.25, -0.2) is 4.79 Å². The van der Waals surface area contributed by atoms with E-state index in [0.29, 0.717) is 5.69 Å². The maximum Gasteiger partial charge on any atom is 0.335 e. The fourth-order valence-electron chi connectivity index (χ4n) is 1.89. The Hall–Kier alpha value is -1.67. The van der Waals surface area contributed by atoms with Crippen LogP contribution in [0.3, 0.4) is 0 Å². The quantitative estimate of drug-likeness (QED) is 0.487. The predicted octanol–water partition coefficient (Wildman–Crippen LogP) is -0.764. The van der Waals surface area contributed by atoms with E-state index in [9.17, 15) is 15.0 Å². The van der Waals surface area contributed by atoms with Crippen LogP contribution in [0.2, 0.25) is 0 Å². The second kappa shape index (κ2) is 5.54. The number of carbonyl (C=O) groups is 1. The first kappa shape index (κ1) is 13.8. The number of hydrogen-bond donors (Lipinski definition) is 5. The zero-order valence-corrected chi connectivity index (χ0v) is 9.93. The van der Waals surface area contributed by atoms with Crippen molar-refractivity contribution in [3.8, 4) is 0 Å². The largest absolute Gasteiger partial charge is 0.478 e. The minimum atomic E-state index is -1.17. The molecule has 1 aliphatic heterocycles. The lowest BCUT2D eigenvalue weighted by Gasteiger charge is -2.17. The Labute approximate surface area is 109 Å². The summed E-state index contributed by atoms with van der Waals surface area (Å²) in [6, 6.07) is 5.87. The van der Waals surface area contributed by atoms with Gasteiger partial charge in [0.05, 0.1) is 12.2 Å². The van der Waals surface area contributed by atoms with Crippen molar-refractivity contribution in [3.05, 3.63) is 29.8 Å². The number of carboxylic acids is 1. The molecule has 5 N–H and O–H groups in total. The van der Waals surface area contributed by atoms with Gasteiger partial charge in [-0.05, 0) is 24.3 Å². The van der Waals surface area contributed by atoms with Gasteiger partial charge >= 0.3 is 5.97 Å². The molecular formula is C12H15NO6. The molecule has 0 unspecified atom stereocenters. The molecule has 0 radical (unpaired) electrons. The van der Waals surface area contributed by atoms with Crippen molar-refractivity contribution in [2.45, 2.75) is 24.5 Å². The lowest BCUT2D eigenvalue weighted by molar-refractivity contribution is -0.0153. The summed E-state index contributed by atoms with van der Waals surface area (Å²) in [5.74, 6) is -1.03. The fourth-order valence-corrected chi connectivity index (χ4v) is 1.89.